The van der Waals surface area contributed by atoms with Gasteiger partial charge in [0.2, 0.25) is 0 Å². The zero-order valence-corrected chi connectivity index (χ0v) is 19.0. The number of hydrogen-bond donors (Lipinski definition) is 2. The molecule has 0 radical (unpaired) electrons. The minimum atomic E-state index is -3.74. The summed E-state index contributed by atoms with van der Waals surface area (Å²) in [5.41, 5.74) is 3.27. The molecule has 0 bridgehead atoms. The topological polar surface area (TPSA) is 93.7 Å². The van der Waals surface area contributed by atoms with Crippen LogP contribution in [0, 0.1) is 13.8 Å². The number of methoxy groups -OCH3 is 1. The van der Waals surface area contributed by atoms with Crippen molar-refractivity contribution >= 4 is 21.6 Å². The van der Waals surface area contributed by atoms with Gasteiger partial charge in [-0.2, -0.15) is 0 Å². The average Bonchev–Trinajstić information content (AvgIpc) is 2.79. The summed E-state index contributed by atoms with van der Waals surface area (Å²) < 4.78 is 38.5. The van der Waals surface area contributed by atoms with Crippen LogP contribution in [0.2, 0.25) is 0 Å². The van der Waals surface area contributed by atoms with Gasteiger partial charge in [-0.3, -0.25) is 9.52 Å². The van der Waals surface area contributed by atoms with Crippen LogP contribution in [0.5, 0.6) is 11.5 Å². The lowest BCUT2D eigenvalue weighted by molar-refractivity contribution is -0.123. The third kappa shape index (κ3) is 6.24. The van der Waals surface area contributed by atoms with Gasteiger partial charge in [-0.05, 0) is 73.0 Å². The Morgan fingerprint density at radius 2 is 1.56 bits per heavy atom. The van der Waals surface area contributed by atoms with Crippen molar-refractivity contribution in [2.45, 2.75) is 25.3 Å². The second-order valence-electron chi connectivity index (χ2n) is 7.31. The van der Waals surface area contributed by atoms with Crippen molar-refractivity contribution in [1.82, 2.24) is 5.32 Å². The maximum atomic E-state index is 12.7. The molecule has 0 spiro atoms. The molecule has 3 aromatic carbocycles. The molecule has 7 nitrogen and oxygen atoms in total. The van der Waals surface area contributed by atoms with Crippen LogP contribution >= 0.6 is 0 Å². The van der Waals surface area contributed by atoms with Crippen LogP contribution in [-0.4, -0.2) is 28.0 Å². The van der Waals surface area contributed by atoms with Crippen LogP contribution < -0.4 is 19.5 Å². The molecule has 0 fully saturated rings. The monoisotopic (exact) mass is 454 g/mol. The van der Waals surface area contributed by atoms with Crippen LogP contribution in [0.15, 0.2) is 71.6 Å². The molecule has 0 aliphatic heterocycles. The van der Waals surface area contributed by atoms with Crippen LogP contribution in [0.25, 0.3) is 0 Å². The Labute approximate surface area is 188 Å². The predicted molar refractivity (Wildman–Crippen MR) is 124 cm³/mol. The van der Waals surface area contributed by atoms with Gasteiger partial charge in [0.1, 0.15) is 11.5 Å². The van der Waals surface area contributed by atoms with Crippen molar-refractivity contribution in [3.8, 4) is 11.5 Å². The van der Waals surface area contributed by atoms with E-state index in [0.717, 1.165) is 22.4 Å². The molecule has 0 aliphatic rings. The Morgan fingerprint density at radius 1 is 0.906 bits per heavy atom. The Hall–Kier alpha value is -3.52. The van der Waals surface area contributed by atoms with E-state index >= 15 is 0 Å². The number of ether oxygens (including phenoxy) is 2. The molecular weight excluding hydrogens is 428 g/mol. The minimum Gasteiger partial charge on any atom is -0.497 e. The van der Waals surface area contributed by atoms with Crippen molar-refractivity contribution in [3.05, 3.63) is 83.4 Å². The number of benzene rings is 3. The molecule has 0 saturated carbocycles. The Bertz CT molecular complexity index is 1170. The number of hydrogen-bond acceptors (Lipinski definition) is 5. The van der Waals surface area contributed by atoms with Crippen molar-refractivity contribution in [2.75, 3.05) is 18.4 Å². The van der Waals surface area contributed by atoms with Gasteiger partial charge < -0.3 is 14.8 Å². The fourth-order valence-corrected chi connectivity index (χ4v) is 4.03. The van der Waals surface area contributed by atoms with Gasteiger partial charge in [-0.1, -0.05) is 24.3 Å². The first-order valence-corrected chi connectivity index (χ1v) is 11.5. The molecule has 0 heterocycles. The summed E-state index contributed by atoms with van der Waals surface area (Å²) in [5, 5.41) is 2.77. The van der Waals surface area contributed by atoms with Gasteiger partial charge in [-0.15, -0.1) is 0 Å². The minimum absolute atomic E-state index is 0.106. The van der Waals surface area contributed by atoms with E-state index in [2.05, 4.69) is 10.0 Å². The third-order valence-electron chi connectivity index (χ3n) is 4.79. The summed E-state index contributed by atoms with van der Waals surface area (Å²) >= 11 is 0. The molecule has 0 aliphatic carbocycles. The molecule has 3 rings (SSSR count). The first kappa shape index (κ1) is 23.1. The van der Waals surface area contributed by atoms with E-state index < -0.39 is 10.0 Å². The highest BCUT2D eigenvalue weighted by Crippen LogP contribution is 2.22. The van der Waals surface area contributed by atoms with E-state index in [1.165, 1.54) is 24.3 Å². The lowest BCUT2D eigenvalue weighted by Gasteiger charge is -2.12. The van der Waals surface area contributed by atoms with E-state index in [0.29, 0.717) is 18.0 Å². The molecule has 0 unspecified atom stereocenters. The molecule has 32 heavy (non-hydrogen) atoms. The van der Waals surface area contributed by atoms with E-state index in [-0.39, 0.29) is 17.4 Å². The number of sulfonamides is 1. The summed E-state index contributed by atoms with van der Waals surface area (Å²) in [7, 11) is -2.14. The number of amides is 1. The zero-order chi connectivity index (χ0) is 23.1. The first-order valence-electron chi connectivity index (χ1n) is 9.99. The van der Waals surface area contributed by atoms with Gasteiger partial charge in [0.25, 0.3) is 15.9 Å². The van der Waals surface area contributed by atoms with Gasteiger partial charge in [0.05, 0.1) is 17.7 Å². The van der Waals surface area contributed by atoms with E-state index in [1.54, 1.807) is 13.2 Å². The predicted octanol–water partition coefficient (Wildman–Crippen LogP) is 3.81. The van der Waals surface area contributed by atoms with Crippen molar-refractivity contribution in [3.63, 3.8) is 0 Å². The molecule has 1 amide bonds. The second-order valence-corrected chi connectivity index (χ2v) is 8.99. The number of carbonyl (C=O) groups excluding carboxylic acids is 1. The molecule has 0 saturated heterocycles. The average molecular weight is 455 g/mol. The maximum Gasteiger partial charge on any atom is 0.261 e. The molecule has 2 N–H and O–H groups in total. The molecule has 168 valence electrons. The highest BCUT2D eigenvalue weighted by Gasteiger charge is 2.15. The van der Waals surface area contributed by atoms with E-state index in [1.807, 2.05) is 50.2 Å². The summed E-state index contributed by atoms with van der Waals surface area (Å²) in [5.74, 6) is 0.863. The molecule has 3 aromatic rings. The van der Waals surface area contributed by atoms with Gasteiger partial charge >= 0.3 is 0 Å². The van der Waals surface area contributed by atoms with Crippen LogP contribution in [0.4, 0.5) is 5.69 Å². The SMILES string of the molecule is COc1ccc(CNC(=O)COc2ccc(S(=O)(=O)Nc3cc(C)ccc3C)cc2)cc1. The highest BCUT2D eigenvalue weighted by molar-refractivity contribution is 7.92. The van der Waals surface area contributed by atoms with Gasteiger partial charge in [0.15, 0.2) is 6.61 Å². The normalized spacial score (nSPS) is 11.0. The largest absolute Gasteiger partial charge is 0.497 e. The van der Waals surface area contributed by atoms with Crippen molar-refractivity contribution in [2.24, 2.45) is 0 Å². The summed E-state index contributed by atoms with van der Waals surface area (Å²) in [6.45, 7) is 3.93. The fraction of sp³-hybridized carbons (Fsp3) is 0.208. The highest BCUT2D eigenvalue weighted by atomic mass is 32.2. The number of nitrogens with one attached hydrogen (secondary N) is 2. The van der Waals surface area contributed by atoms with Crippen molar-refractivity contribution in [1.29, 1.82) is 0 Å². The van der Waals surface area contributed by atoms with Crippen molar-refractivity contribution < 1.29 is 22.7 Å². The van der Waals surface area contributed by atoms with Gasteiger partial charge in [-0.25, -0.2) is 8.42 Å². The summed E-state index contributed by atoms with van der Waals surface area (Å²) in [6, 6.07) is 18.9. The molecule has 0 aromatic heterocycles. The Balaban J connectivity index is 1.53. The molecule has 0 atom stereocenters. The molecular formula is C24H26N2O5S. The quantitative estimate of drug-likeness (QED) is 0.513. The summed E-state index contributed by atoms with van der Waals surface area (Å²) in [6.07, 6.45) is 0. The van der Waals surface area contributed by atoms with E-state index in [4.69, 9.17) is 9.47 Å². The zero-order valence-electron chi connectivity index (χ0n) is 18.2. The number of carbonyl (C=O) groups is 1. The Kier molecular flexibility index (Phi) is 7.37. The lowest BCUT2D eigenvalue weighted by Crippen LogP contribution is -2.28. The summed E-state index contributed by atoms with van der Waals surface area (Å²) in [4.78, 5) is 12.1. The first-order chi connectivity index (χ1) is 15.3. The Morgan fingerprint density at radius 3 is 2.22 bits per heavy atom. The van der Waals surface area contributed by atoms with Crippen LogP contribution in [0.1, 0.15) is 16.7 Å². The number of anilines is 1. The van der Waals surface area contributed by atoms with Gasteiger partial charge in [0, 0.05) is 6.54 Å². The smallest absolute Gasteiger partial charge is 0.261 e. The second kappa shape index (κ2) is 10.2. The number of rotatable bonds is 9. The van der Waals surface area contributed by atoms with Crippen LogP contribution in [-0.2, 0) is 21.4 Å². The fourth-order valence-electron chi connectivity index (χ4n) is 2.91. The maximum absolute atomic E-state index is 12.7. The third-order valence-corrected chi connectivity index (χ3v) is 6.17. The number of aryl methyl sites for hydroxylation is 2. The molecule has 8 heteroatoms. The lowest BCUT2D eigenvalue weighted by atomic mass is 10.1. The standard InChI is InChI=1S/C24H26N2O5S/c1-17-4-5-18(2)23(14-17)26-32(28,29)22-12-10-21(11-13-22)31-16-24(27)25-15-19-6-8-20(30-3)9-7-19/h4-14,26H,15-16H2,1-3H3,(H,25,27). The van der Waals surface area contributed by atoms with E-state index in [9.17, 15) is 13.2 Å². The van der Waals surface area contributed by atoms with Crippen LogP contribution in [0.3, 0.4) is 0 Å².